The Morgan fingerprint density at radius 1 is 1.43 bits per heavy atom. The Balaban J connectivity index is 1.94. The zero-order chi connectivity index (χ0) is 14.8. The van der Waals surface area contributed by atoms with E-state index < -0.39 is 0 Å². The highest BCUT2D eigenvalue weighted by Gasteiger charge is 2.21. The van der Waals surface area contributed by atoms with Crippen LogP contribution in [0.3, 0.4) is 0 Å². The van der Waals surface area contributed by atoms with Gasteiger partial charge in [0.05, 0.1) is 6.61 Å². The first kappa shape index (κ1) is 14.4. The van der Waals surface area contributed by atoms with E-state index in [4.69, 9.17) is 16.3 Å². The summed E-state index contributed by atoms with van der Waals surface area (Å²) in [6, 6.07) is 6.27. The van der Waals surface area contributed by atoms with Crippen molar-refractivity contribution < 1.29 is 4.74 Å². The number of benzene rings is 1. The predicted molar refractivity (Wildman–Crippen MR) is 85.1 cm³/mol. The van der Waals surface area contributed by atoms with Crippen LogP contribution in [0.15, 0.2) is 30.6 Å². The second kappa shape index (κ2) is 6.04. The van der Waals surface area contributed by atoms with Crippen LogP contribution in [-0.4, -0.2) is 18.6 Å². The van der Waals surface area contributed by atoms with E-state index in [0.717, 1.165) is 35.8 Å². The molecule has 1 aromatic heterocycles. The summed E-state index contributed by atoms with van der Waals surface area (Å²) in [6.07, 6.45) is 5.54. The maximum atomic E-state index is 6.24. The summed E-state index contributed by atoms with van der Waals surface area (Å²) in [4.78, 5) is 4.25. The molecule has 1 aliphatic rings. The second-order valence-electron chi connectivity index (χ2n) is 5.43. The van der Waals surface area contributed by atoms with Crippen LogP contribution in [0.25, 0.3) is 0 Å². The number of ether oxygens (including phenoxy) is 1. The van der Waals surface area contributed by atoms with Crippen molar-refractivity contribution in [2.75, 3.05) is 13.7 Å². The average molecular weight is 303 g/mol. The molecule has 1 aliphatic heterocycles. The summed E-state index contributed by atoms with van der Waals surface area (Å²) in [7, 11) is 1.97. The molecule has 3 nitrogen and oxygen atoms in total. The van der Waals surface area contributed by atoms with Crippen molar-refractivity contribution in [2.45, 2.75) is 25.8 Å². The summed E-state index contributed by atoms with van der Waals surface area (Å²) in [6.45, 7) is 2.86. The van der Waals surface area contributed by atoms with Crippen molar-refractivity contribution in [3.8, 4) is 5.75 Å². The number of nitrogens with zero attached hydrogens (tertiary/aromatic N) is 1. The van der Waals surface area contributed by atoms with Gasteiger partial charge in [-0.2, -0.15) is 0 Å². The lowest BCUT2D eigenvalue weighted by molar-refractivity contribution is 0.352. The highest BCUT2D eigenvalue weighted by molar-refractivity contribution is 6.30. The number of halogens is 1. The van der Waals surface area contributed by atoms with Gasteiger partial charge < -0.3 is 10.1 Å². The van der Waals surface area contributed by atoms with Crippen LogP contribution in [0.2, 0.25) is 5.02 Å². The van der Waals surface area contributed by atoms with Gasteiger partial charge in [-0.25, -0.2) is 0 Å². The first-order chi connectivity index (χ1) is 10.2. The molecule has 0 saturated carbocycles. The van der Waals surface area contributed by atoms with Gasteiger partial charge in [-0.1, -0.05) is 11.6 Å². The minimum Gasteiger partial charge on any atom is -0.493 e. The first-order valence-corrected chi connectivity index (χ1v) is 7.58. The normalized spacial score (nSPS) is 14.6. The van der Waals surface area contributed by atoms with Crippen LogP contribution in [0.5, 0.6) is 5.75 Å². The molecule has 0 bridgehead atoms. The topological polar surface area (TPSA) is 34.1 Å². The van der Waals surface area contributed by atoms with E-state index in [1.165, 1.54) is 16.7 Å². The molecule has 1 unspecified atom stereocenters. The van der Waals surface area contributed by atoms with Crippen LogP contribution in [0, 0.1) is 6.92 Å². The van der Waals surface area contributed by atoms with Gasteiger partial charge in [0.1, 0.15) is 5.75 Å². The van der Waals surface area contributed by atoms with Crippen LogP contribution in [-0.2, 0) is 12.8 Å². The fraction of sp³-hybridized carbons (Fsp3) is 0.353. The Kier molecular flexibility index (Phi) is 4.13. The number of hydrogen-bond donors (Lipinski definition) is 1. The summed E-state index contributed by atoms with van der Waals surface area (Å²) >= 11 is 6.24. The monoisotopic (exact) mass is 302 g/mol. The fourth-order valence-electron chi connectivity index (χ4n) is 2.93. The Morgan fingerprint density at radius 3 is 3.05 bits per heavy atom. The Morgan fingerprint density at radius 2 is 2.29 bits per heavy atom. The van der Waals surface area contributed by atoms with Gasteiger partial charge in [-0.15, -0.1) is 0 Å². The van der Waals surface area contributed by atoms with Crippen molar-refractivity contribution in [3.05, 3.63) is 57.9 Å². The zero-order valence-electron chi connectivity index (χ0n) is 12.3. The highest BCUT2D eigenvalue weighted by Crippen LogP contribution is 2.35. The third kappa shape index (κ3) is 2.89. The maximum Gasteiger partial charge on any atom is 0.125 e. The number of likely N-dealkylation sites (N-methyl/N-ethyl adjacent to an activating group) is 1. The number of aromatic nitrogens is 1. The number of fused-ring (bicyclic) bond motifs is 1. The van der Waals surface area contributed by atoms with Gasteiger partial charge >= 0.3 is 0 Å². The van der Waals surface area contributed by atoms with Crippen molar-refractivity contribution in [3.63, 3.8) is 0 Å². The van der Waals surface area contributed by atoms with E-state index in [9.17, 15) is 0 Å². The third-order valence-corrected chi connectivity index (χ3v) is 4.27. The molecular formula is C17H19ClN2O. The summed E-state index contributed by atoms with van der Waals surface area (Å²) in [5.41, 5.74) is 4.84. The molecule has 3 rings (SSSR count). The quantitative estimate of drug-likeness (QED) is 0.939. The lowest BCUT2D eigenvalue weighted by Gasteiger charge is -2.20. The van der Waals surface area contributed by atoms with Crippen LogP contribution >= 0.6 is 11.6 Å². The number of aryl methyl sites for hydroxylation is 1. The maximum absolute atomic E-state index is 6.24. The molecule has 1 atom stereocenters. The van der Waals surface area contributed by atoms with Crippen LogP contribution < -0.4 is 10.1 Å². The Bertz CT molecular complexity index is 657. The highest BCUT2D eigenvalue weighted by atomic mass is 35.5. The largest absolute Gasteiger partial charge is 0.493 e. The molecule has 4 heteroatoms. The van der Waals surface area contributed by atoms with Gasteiger partial charge in [0.15, 0.2) is 0 Å². The Labute approximate surface area is 130 Å². The van der Waals surface area contributed by atoms with Crippen molar-refractivity contribution in [1.82, 2.24) is 10.3 Å². The minimum absolute atomic E-state index is 0.200. The second-order valence-corrected chi connectivity index (χ2v) is 5.87. The van der Waals surface area contributed by atoms with E-state index >= 15 is 0 Å². The number of nitrogens with one attached hydrogen (secondary N) is 1. The molecule has 110 valence electrons. The van der Waals surface area contributed by atoms with Crippen molar-refractivity contribution in [1.29, 1.82) is 0 Å². The standard InChI is InChI=1S/C17H19ClN2O/c1-11-3-5-20-10-15(11)16(19-2)9-13-8-14(18)7-12-4-6-21-17(12)13/h3,5,7-8,10,16,19H,4,6,9H2,1-2H3. The lowest BCUT2D eigenvalue weighted by Crippen LogP contribution is -2.20. The number of rotatable bonds is 4. The average Bonchev–Trinajstić information content (AvgIpc) is 2.93. The van der Waals surface area contributed by atoms with Gasteiger partial charge in [0.2, 0.25) is 0 Å². The Hall–Kier alpha value is -1.58. The molecule has 2 heterocycles. The first-order valence-electron chi connectivity index (χ1n) is 7.21. The molecule has 0 amide bonds. The van der Waals surface area contributed by atoms with E-state index in [-0.39, 0.29) is 6.04 Å². The molecule has 21 heavy (non-hydrogen) atoms. The van der Waals surface area contributed by atoms with Crippen molar-refractivity contribution in [2.24, 2.45) is 0 Å². The van der Waals surface area contributed by atoms with Gasteiger partial charge in [0.25, 0.3) is 0 Å². The van der Waals surface area contributed by atoms with E-state index in [2.05, 4.69) is 17.2 Å². The van der Waals surface area contributed by atoms with Crippen LogP contribution in [0.4, 0.5) is 0 Å². The van der Waals surface area contributed by atoms with Gasteiger partial charge in [0, 0.05) is 29.9 Å². The molecule has 0 spiro atoms. The molecule has 0 aliphatic carbocycles. The van der Waals surface area contributed by atoms with Gasteiger partial charge in [-0.3, -0.25) is 4.98 Å². The molecule has 1 aromatic carbocycles. The SMILES string of the molecule is CNC(Cc1cc(Cl)cc2c1OCC2)c1cnccc1C. The summed E-state index contributed by atoms with van der Waals surface area (Å²) in [5, 5.41) is 4.16. The van der Waals surface area contributed by atoms with Crippen molar-refractivity contribution >= 4 is 11.6 Å². The molecule has 2 aromatic rings. The lowest BCUT2D eigenvalue weighted by atomic mass is 9.95. The zero-order valence-corrected chi connectivity index (χ0v) is 13.1. The molecule has 0 saturated heterocycles. The number of pyridine rings is 1. The fourth-order valence-corrected chi connectivity index (χ4v) is 3.19. The van der Waals surface area contributed by atoms with Crippen LogP contribution in [0.1, 0.15) is 28.3 Å². The molecule has 0 radical (unpaired) electrons. The third-order valence-electron chi connectivity index (χ3n) is 4.05. The molecule has 0 fully saturated rings. The van der Waals surface area contributed by atoms with E-state index in [0.29, 0.717) is 0 Å². The summed E-state index contributed by atoms with van der Waals surface area (Å²) < 4.78 is 5.79. The van der Waals surface area contributed by atoms with Gasteiger partial charge in [-0.05, 0) is 60.8 Å². The number of hydrogen-bond acceptors (Lipinski definition) is 3. The van der Waals surface area contributed by atoms with E-state index in [1.807, 2.05) is 37.6 Å². The molecule has 1 N–H and O–H groups in total. The smallest absolute Gasteiger partial charge is 0.125 e. The minimum atomic E-state index is 0.200. The van der Waals surface area contributed by atoms with E-state index in [1.54, 1.807) is 0 Å². The molecular weight excluding hydrogens is 284 g/mol. The predicted octanol–water partition coefficient (Wildman–Crippen LogP) is 3.48. The summed E-state index contributed by atoms with van der Waals surface area (Å²) in [5.74, 6) is 1.01.